The van der Waals surface area contributed by atoms with Crippen molar-refractivity contribution in [1.82, 2.24) is 9.78 Å². The Morgan fingerprint density at radius 3 is 2.30 bits per heavy atom. The van der Waals surface area contributed by atoms with Gasteiger partial charge in [0.25, 0.3) is 0 Å². The highest BCUT2D eigenvalue weighted by atomic mass is 35.5. The summed E-state index contributed by atoms with van der Waals surface area (Å²) >= 11 is 6.46. The van der Waals surface area contributed by atoms with Crippen molar-refractivity contribution < 1.29 is 14.3 Å². The molecule has 2 aromatic rings. The summed E-state index contributed by atoms with van der Waals surface area (Å²) in [5.74, 6) is 1.59. The van der Waals surface area contributed by atoms with E-state index in [-0.39, 0.29) is 28.5 Å². The zero-order valence-corrected chi connectivity index (χ0v) is 18.0. The minimum absolute atomic E-state index is 0.0976. The van der Waals surface area contributed by atoms with Gasteiger partial charge in [0, 0.05) is 5.41 Å². The monoisotopic (exact) mass is 426 g/mol. The molecule has 0 N–H and O–H groups in total. The van der Waals surface area contributed by atoms with Gasteiger partial charge in [0.15, 0.2) is 12.4 Å². The highest BCUT2D eigenvalue weighted by Crippen LogP contribution is 2.60. The minimum Gasteiger partial charge on any atom is -0.454 e. The van der Waals surface area contributed by atoms with E-state index >= 15 is 0 Å². The molecule has 6 rings (SSSR count). The Morgan fingerprint density at radius 2 is 1.70 bits per heavy atom. The lowest BCUT2D eigenvalue weighted by Crippen LogP contribution is -2.51. The highest BCUT2D eigenvalue weighted by Gasteiger charge is 2.54. The van der Waals surface area contributed by atoms with Crippen molar-refractivity contribution in [1.29, 1.82) is 0 Å². The van der Waals surface area contributed by atoms with Crippen molar-refractivity contribution >= 4 is 23.4 Å². The first-order chi connectivity index (χ1) is 14.4. The van der Waals surface area contributed by atoms with E-state index in [9.17, 15) is 9.59 Å². The van der Waals surface area contributed by atoms with Crippen LogP contribution in [0.3, 0.4) is 0 Å². The summed E-state index contributed by atoms with van der Waals surface area (Å²) in [6, 6.07) is 9.81. The fourth-order valence-electron chi connectivity index (χ4n) is 6.45. The first-order valence-corrected chi connectivity index (χ1v) is 11.3. The predicted octanol–water partition coefficient (Wildman–Crippen LogP) is 4.84. The van der Waals surface area contributed by atoms with Gasteiger partial charge in [-0.15, -0.1) is 0 Å². The second-order valence-electron chi connectivity index (χ2n) is 9.59. The molecule has 0 radical (unpaired) electrons. The fraction of sp³-hybridized carbons (Fsp3) is 0.542. The van der Waals surface area contributed by atoms with Crippen LogP contribution in [-0.2, 0) is 16.1 Å². The van der Waals surface area contributed by atoms with E-state index in [2.05, 4.69) is 5.10 Å². The molecule has 1 heterocycles. The molecule has 1 aromatic carbocycles. The number of aryl methyl sites for hydroxylation is 1. The summed E-state index contributed by atoms with van der Waals surface area (Å²) in [4.78, 5) is 25.9. The van der Waals surface area contributed by atoms with Crippen molar-refractivity contribution in [2.45, 2.75) is 52.0 Å². The van der Waals surface area contributed by atoms with Crippen molar-refractivity contribution in [3.63, 3.8) is 0 Å². The van der Waals surface area contributed by atoms with Gasteiger partial charge in [-0.3, -0.25) is 4.79 Å². The van der Waals surface area contributed by atoms with Gasteiger partial charge in [-0.25, -0.2) is 9.48 Å². The lowest BCUT2D eigenvalue weighted by atomic mass is 9.48. The van der Waals surface area contributed by atoms with Crippen LogP contribution in [0.1, 0.15) is 60.1 Å². The molecule has 158 valence electrons. The van der Waals surface area contributed by atoms with E-state index in [1.165, 1.54) is 19.3 Å². The number of halogens is 1. The number of carbonyl (C=O) groups excluding carboxylic acids is 2. The molecule has 4 fully saturated rings. The smallest absolute Gasteiger partial charge is 0.343 e. The van der Waals surface area contributed by atoms with Crippen LogP contribution in [0.4, 0.5) is 0 Å². The van der Waals surface area contributed by atoms with E-state index in [4.69, 9.17) is 16.3 Å². The number of hydrogen-bond donors (Lipinski definition) is 0. The quantitative estimate of drug-likeness (QED) is 0.620. The topological polar surface area (TPSA) is 61.2 Å². The molecule has 4 saturated carbocycles. The van der Waals surface area contributed by atoms with Gasteiger partial charge in [0.1, 0.15) is 10.7 Å². The largest absolute Gasteiger partial charge is 0.454 e. The first-order valence-electron chi connectivity index (χ1n) is 10.9. The third kappa shape index (κ3) is 3.47. The summed E-state index contributed by atoms with van der Waals surface area (Å²) in [6.45, 7) is 2.05. The molecule has 4 bridgehead atoms. The highest BCUT2D eigenvalue weighted by molar-refractivity contribution is 6.32. The van der Waals surface area contributed by atoms with Gasteiger partial charge in [-0.2, -0.15) is 5.10 Å². The van der Waals surface area contributed by atoms with Gasteiger partial charge in [0.2, 0.25) is 0 Å². The van der Waals surface area contributed by atoms with Crippen LogP contribution in [0.5, 0.6) is 0 Å². The number of carbonyl (C=O) groups is 2. The second-order valence-corrected chi connectivity index (χ2v) is 9.95. The Hall–Kier alpha value is -2.14. The maximum Gasteiger partial charge on any atom is 0.343 e. The van der Waals surface area contributed by atoms with Crippen LogP contribution in [-0.4, -0.2) is 28.1 Å². The summed E-state index contributed by atoms with van der Waals surface area (Å²) in [7, 11) is 0. The number of aromatic nitrogens is 2. The molecule has 5 nitrogen and oxygen atoms in total. The van der Waals surface area contributed by atoms with Crippen LogP contribution < -0.4 is 0 Å². The number of ketones is 1. The van der Waals surface area contributed by atoms with Gasteiger partial charge in [-0.1, -0.05) is 41.9 Å². The van der Waals surface area contributed by atoms with E-state index in [1.807, 2.05) is 30.3 Å². The predicted molar refractivity (Wildman–Crippen MR) is 113 cm³/mol. The number of ether oxygens (including phenoxy) is 1. The molecule has 0 amide bonds. The Morgan fingerprint density at radius 1 is 1.10 bits per heavy atom. The van der Waals surface area contributed by atoms with Crippen LogP contribution >= 0.6 is 11.6 Å². The van der Waals surface area contributed by atoms with Crippen molar-refractivity contribution in [2.24, 2.45) is 23.2 Å². The van der Waals surface area contributed by atoms with Crippen molar-refractivity contribution in [2.75, 3.05) is 6.61 Å². The molecule has 0 aliphatic heterocycles. The average Bonchev–Trinajstić information content (AvgIpc) is 2.98. The summed E-state index contributed by atoms with van der Waals surface area (Å²) in [5.41, 5.74) is 1.55. The summed E-state index contributed by atoms with van der Waals surface area (Å²) in [5, 5.41) is 4.66. The molecular formula is C24H27ClN2O3. The Labute approximate surface area is 181 Å². The van der Waals surface area contributed by atoms with E-state index < -0.39 is 5.97 Å². The van der Waals surface area contributed by atoms with Crippen molar-refractivity contribution in [3.05, 3.63) is 52.3 Å². The van der Waals surface area contributed by atoms with Crippen molar-refractivity contribution in [3.8, 4) is 0 Å². The van der Waals surface area contributed by atoms with E-state index in [0.29, 0.717) is 30.0 Å². The fourth-order valence-corrected chi connectivity index (χ4v) is 6.77. The summed E-state index contributed by atoms with van der Waals surface area (Å²) < 4.78 is 7.08. The third-order valence-electron chi connectivity index (χ3n) is 7.41. The lowest BCUT2D eigenvalue weighted by Gasteiger charge is -2.55. The SMILES string of the molecule is Cc1nn(Cc2ccccc2)c(Cl)c1C(=O)OCC(=O)C12CC3CC(CC(C3)C1)C2. The standard InChI is InChI=1S/C24H27ClN2O3/c1-15-21(22(25)27(26-15)13-16-5-3-2-4-6-16)23(29)30-14-20(28)24-10-17-7-18(11-24)9-19(8-17)12-24/h2-6,17-19H,7-14H2,1H3. The Bertz CT molecular complexity index is 947. The van der Waals surface area contributed by atoms with Gasteiger partial charge < -0.3 is 4.74 Å². The number of hydrogen-bond acceptors (Lipinski definition) is 4. The molecule has 6 heteroatoms. The van der Waals surface area contributed by atoms with Crippen LogP contribution in [0.15, 0.2) is 30.3 Å². The van der Waals surface area contributed by atoms with E-state index in [1.54, 1.807) is 11.6 Å². The minimum atomic E-state index is -0.560. The Kier molecular flexibility index (Phi) is 4.97. The zero-order valence-electron chi connectivity index (χ0n) is 17.3. The van der Waals surface area contributed by atoms with Gasteiger partial charge >= 0.3 is 5.97 Å². The maximum absolute atomic E-state index is 13.1. The third-order valence-corrected chi connectivity index (χ3v) is 7.79. The lowest BCUT2D eigenvalue weighted by molar-refractivity contribution is -0.147. The first kappa shape index (κ1) is 19.8. The molecule has 0 spiro atoms. The number of rotatable bonds is 6. The number of Topliss-reactive ketones (excluding diaryl/α,β-unsaturated/α-hetero) is 1. The van der Waals surface area contributed by atoms with Crippen LogP contribution in [0.25, 0.3) is 0 Å². The number of benzene rings is 1. The molecule has 4 aliphatic carbocycles. The number of nitrogens with zero attached hydrogens (tertiary/aromatic N) is 2. The number of esters is 1. The molecule has 4 aliphatic rings. The molecule has 0 saturated heterocycles. The van der Waals surface area contributed by atoms with E-state index in [0.717, 1.165) is 24.8 Å². The maximum atomic E-state index is 13.1. The van der Waals surface area contributed by atoms with Gasteiger partial charge in [0.05, 0.1) is 12.2 Å². The molecule has 0 atom stereocenters. The van der Waals surface area contributed by atoms with Crippen LogP contribution in [0, 0.1) is 30.1 Å². The second kappa shape index (κ2) is 7.52. The van der Waals surface area contributed by atoms with Crippen LogP contribution in [0.2, 0.25) is 5.15 Å². The molecular weight excluding hydrogens is 400 g/mol. The summed E-state index contributed by atoms with van der Waals surface area (Å²) in [6.07, 6.45) is 6.77. The van der Waals surface area contributed by atoms with Gasteiger partial charge in [-0.05, 0) is 68.8 Å². The molecule has 30 heavy (non-hydrogen) atoms. The molecule has 1 aromatic heterocycles. The normalized spacial score (nSPS) is 29.2. The average molecular weight is 427 g/mol. The Balaban J connectivity index is 1.26. The zero-order chi connectivity index (χ0) is 20.9. The molecule has 0 unspecified atom stereocenters.